The molecule has 0 saturated heterocycles. The van der Waals surface area contributed by atoms with Crippen molar-refractivity contribution in [1.29, 1.82) is 0 Å². The van der Waals surface area contributed by atoms with Crippen LogP contribution in [0.3, 0.4) is 0 Å². The normalized spacial score (nSPS) is 11.9. The van der Waals surface area contributed by atoms with Crippen LogP contribution in [0.15, 0.2) is 17.8 Å². The average Bonchev–Trinajstić information content (AvgIpc) is 2.85. The van der Waals surface area contributed by atoms with Crippen molar-refractivity contribution in [3.8, 4) is 0 Å². The Balaban J connectivity index is 1.96. The summed E-state index contributed by atoms with van der Waals surface area (Å²) in [6.07, 6.45) is 6.82. The van der Waals surface area contributed by atoms with Crippen molar-refractivity contribution < 1.29 is 0 Å². The van der Waals surface area contributed by atoms with E-state index in [0.29, 0.717) is 5.41 Å². The van der Waals surface area contributed by atoms with Crippen LogP contribution in [0.2, 0.25) is 0 Å². The Morgan fingerprint density at radius 3 is 2.89 bits per heavy atom. The van der Waals surface area contributed by atoms with E-state index in [0.717, 1.165) is 22.6 Å². The van der Waals surface area contributed by atoms with Crippen LogP contribution in [0.1, 0.15) is 46.5 Å². The summed E-state index contributed by atoms with van der Waals surface area (Å²) in [7, 11) is 0. The number of nitrogens with zero attached hydrogens (tertiary/aromatic N) is 2. The highest BCUT2D eigenvalue weighted by molar-refractivity contribution is 7.16. The summed E-state index contributed by atoms with van der Waals surface area (Å²) in [5.41, 5.74) is 0.308. The molecule has 0 aliphatic rings. The first-order valence-electron chi connectivity index (χ1n) is 7.04. The molecule has 0 spiro atoms. The van der Waals surface area contributed by atoms with Gasteiger partial charge in [0.2, 0.25) is 0 Å². The van der Waals surface area contributed by atoms with E-state index >= 15 is 0 Å². The van der Waals surface area contributed by atoms with Crippen molar-refractivity contribution in [3.05, 3.63) is 17.8 Å². The van der Waals surface area contributed by atoms with Gasteiger partial charge in [0.25, 0.3) is 0 Å². The number of hydrogen-bond acceptors (Lipinski definition) is 4. The highest BCUT2D eigenvalue weighted by atomic mass is 32.1. The molecule has 19 heavy (non-hydrogen) atoms. The zero-order chi connectivity index (χ0) is 13.7. The fourth-order valence-corrected chi connectivity index (χ4v) is 2.93. The van der Waals surface area contributed by atoms with Gasteiger partial charge >= 0.3 is 0 Å². The molecule has 0 radical (unpaired) electrons. The second-order valence-corrected chi connectivity index (χ2v) is 6.73. The summed E-state index contributed by atoms with van der Waals surface area (Å²) in [6.45, 7) is 7.85. The van der Waals surface area contributed by atoms with Gasteiger partial charge in [-0.3, -0.25) is 0 Å². The van der Waals surface area contributed by atoms with Gasteiger partial charge in [0.15, 0.2) is 0 Å². The van der Waals surface area contributed by atoms with Gasteiger partial charge in [0.05, 0.1) is 5.39 Å². The number of hydrogen-bond donors (Lipinski definition) is 1. The van der Waals surface area contributed by atoms with Gasteiger partial charge in [-0.2, -0.15) is 0 Å². The standard InChI is InChI=1S/C15H23N3S/c1-4-5-6-8-15(2,3)10-16-13-12-7-9-19-14(12)18-11-17-13/h7,9,11H,4-6,8,10H2,1-3H3,(H,16,17,18). The van der Waals surface area contributed by atoms with Gasteiger partial charge in [-0.25, -0.2) is 9.97 Å². The number of rotatable bonds is 7. The van der Waals surface area contributed by atoms with Crippen molar-refractivity contribution >= 4 is 27.4 Å². The highest BCUT2D eigenvalue weighted by Crippen LogP contribution is 2.27. The monoisotopic (exact) mass is 277 g/mol. The van der Waals surface area contributed by atoms with E-state index in [-0.39, 0.29) is 0 Å². The van der Waals surface area contributed by atoms with Crippen LogP contribution in [0.5, 0.6) is 0 Å². The summed E-state index contributed by atoms with van der Waals surface area (Å²) in [4.78, 5) is 9.69. The number of thiophene rings is 1. The molecule has 104 valence electrons. The predicted molar refractivity (Wildman–Crippen MR) is 83.8 cm³/mol. The minimum atomic E-state index is 0.308. The molecule has 0 aromatic carbocycles. The maximum atomic E-state index is 4.36. The molecule has 0 aliphatic carbocycles. The quantitative estimate of drug-likeness (QED) is 0.745. The van der Waals surface area contributed by atoms with E-state index < -0.39 is 0 Å². The highest BCUT2D eigenvalue weighted by Gasteiger charge is 2.17. The third-order valence-corrected chi connectivity index (χ3v) is 4.27. The summed E-state index contributed by atoms with van der Waals surface area (Å²) in [6, 6.07) is 2.09. The van der Waals surface area contributed by atoms with Gasteiger partial charge in [0.1, 0.15) is 17.0 Å². The molecule has 0 aliphatic heterocycles. The molecule has 0 amide bonds. The minimum absolute atomic E-state index is 0.308. The van der Waals surface area contributed by atoms with Crippen molar-refractivity contribution in [1.82, 2.24) is 9.97 Å². The SMILES string of the molecule is CCCCCC(C)(C)CNc1ncnc2sccc12. The van der Waals surface area contributed by atoms with Crippen molar-refractivity contribution in [2.45, 2.75) is 46.5 Å². The largest absolute Gasteiger partial charge is 0.369 e. The fraction of sp³-hybridized carbons (Fsp3) is 0.600. The third-order valence-electron chi connectivity index (χ3n) is 3.45. The van der Waals surface area contributed by atoms with Gasteiger partial charge in [-0.05, 0) is 23.3 Å². The van der Waals surface area contributed by atoms with Crippen LogP contribution in [0, 0.1) is 5.41 Å². The van der Waals surface area contributed by atoms with E-state index in [9.17, 15) is 0 Å². The summed E-state index contributed by atoms with van der Waals surface area (Å²) in [5, 5.41) is 6.70. The van der Waals surface area contributed by atoms with E-state index in [1.807, 2.05) is 0 Å². The van der Waals surface area contributed by atoms with Crippen LogP contribution < -0.4 is 5.32 Å². The van der Waals surface area contributed by atoms with E-state index in [4.69, 9.17) is 0 Å². The van der Waals surface area contributed by atoms with Crippen LogP contribution in [-0.4, -0.2) is 16.5 Å². The number of nitrogens with one attached hydrogen (secondary N) is 1. The lowest BCUT2D eigenvalue weighted by atomic mass is 9.87. The third kappa shape index (κ3) is 3.90. The molecule has 0 atom stereocenters. The Bertz CT molecular complexity index is 519. The van der Waals surface area contributed by atoms with E-state index in [1.165, 1.54) is 25.7 Å². The Morgan fingerprint density at radius 2 is 2.11 bits per heavy atom. The molecule has 1 N–H and O–H groups in total. The summed E-state index contributed by atoms with van der Waals surface area (Å²) in [5.74, 6) is 0.967. The van der Waals surface area contributed by atoms with Gasteiger partial charge in [0, 0.05) is 6.54 Å². The van der Waals surface area contributed by atoms with Gasteiger partial charge in [-0.1, -0.05) is 40.0 Å². The first-order chi connectivity index (χ1) is 9.12. The Kier molecular flexibility index (Phi) is 4.75. The maximum Gasteiger partial charge on any atom is 0.138 e. The van der Waals surface area contributed by atoms with E-state index in [1.54, 1.807) is 17.7 Å². The Morgan fingerprint density at radius 1 is 1.26 bits per heavy atom. The molecule has 0 fully saturated rings. The number of anilines is 1. The Labute approximate surface area is 119 Å². The van der Waals surface area contributed by atoms with Crippen molar-refractivity contribution in [2.24, 2.45) is 5.41 Å². The smallest absolute Gasteiger partial charge is 0.138 e. The van der Waals surface area contributed by atoms with Crippen LogP contribution in [0.4, 0.5) is 5.82 Å². The first-order valence-corrected chi connectivity index (χ1v) is 7.92. The lowest BCUT2D eigenvalue weighted by molar-refractivity contribution is 0.342. The number of unbranched alkanes of at least 4 members (excludes halogenated alkanes) is 2. The number of fused-ring (bicyclic) bond motifs is 1. The second-order valence-electron chi connectivity index (χ2n) is 5.84. The summed E-state index contributed by atoms with van der Waals surface area (Å²) >= 11 is 1.66. The zero-order valence-corrected chi connectivity index (χ0v) is 12.9. The van der Waals surface area contributed by atoms with Crippen molar-refractivity contribution in [3.63, 3.8) is 0 Å². The van der Waals surface area contributed by atoms with Crippen LogP contribution in [-0.2, 0) is 0 Å². The molecular formula is C15H23N3S. The molecule has 2 heterocycles. The molecule has 0 bridgehead atoms. The van der Waals surface area contributed by atoms with Crippen LogP contribution >= 0.6 is 11.3 Å². The lowest BCUT2D eigenvalue weighted by Crippen LogP contribution is -2.23. The predicted octanol–water partition coefficient (Wildman–Crippen LogP) is 4.71. The zero-order valence-electron chi connectivity index (χ0n) is 12.1. The minimum Gasteiger partial charge on any atom is -0.369 e. The van der Waals surface area contributed by atoms with Gasteiger partial charge < -0.3 is 5.32 Å². The lowest BCUT2D eigenvalue weighted by Gasteiger charge is -2.25. The first kappa shape index (κ1) is 14.3. The molecule has 2 aromatic rings. The average molecular weight is 277 g/mol. The molecule has 3 nitrogen and oxygen atoms in total. The van der Waals surface area contributed by atoms with Gasteiger partial charge in [-0.15, -0.1) is 11.3 Å². The molecular weight excluding hydrogens is 254 g/mol. The molecule has 2 rings (SSSR count). The molecule has 0 unspecified atom stereocenters. The topological polar surface area (TPSA) is 37.8 Å². The fourth-order valence-electron chi connectivity index (χ4n) is 2.20. The Hall–Kier alpha value is -1.16. The number of aromatic nitrogens is 2. The van der Waals surface area contributed by atoms with Crippen LogP contribution in [0.25, 0.3) is 10.2 Å². The second kappa shape index (κ2) is 6.33. The molecule has 0 saturated carbocycles. The molecule has 2 aromatic heterocycles. The summed E-state index contributed by atoms with van der Waals surface area (Å²) < 4.78 is 0. The maximum absolute atomic E-state index is 4.36. The molecule has 4 heteroatoms. The van der Waals surface area contributed by atoms with Crippen molar-refractivity contribution in [2.75, 3.05) is 11.9 Å². The van der Waals surface area contributed by atoms with E-state index in [2.05, 4.69) is 47.5 Å².